The molecule has 6 heterocycles. The Labute approximate surface area is 276 Å². The van der Waals surface area contributed by atoms with Gasteiger partial charge in [-0.1, -0.05) is 12.1 Å². The summed E-state index contributed by atoms with van der Waals surface area (Å²) in [5.41, 5.74) is 4.31. The average Bonchev–Trinajstić information content (AvgIpc) is 3.75. The van der Waals surface area contributed by atoms with E-state index >= 15 is 0 Å². The molecule has 0 aliphatic carbocycles. The van der Waals surface area contributed by atoms with Gasteiger partial charge < -0.3 is 14.5 Å². The highest BCUT2D eigenvalue weighted by Gasteiger charge is 2.37. The zero-order chi connectivity index (χ0) is 31.3. The number of piperidine rings is 2. The van der Waals surface area contributed by atoms with Gasteiger partial charge in [0.05, 0.1) is 37.7 Å². The van der Waals surface area contributed by atoms with E-state index in [0.717, 1.165) is 101 Å². The molecule has 11 heteroatoms. The fourth-order valence-electron chi connectivity index (χ4n) is 7.59. The molecule has 1 aromatic carbocycles. The summed E-state index contributed by atoms with van der Waals surface area (Å²) < 4.78 is 9.51. The van der Waals surface area contributed by atoms with Gasteiger partial charge >= 0.3 is 0 Å². The van der Waals surface area contributed by atoms with Crippen LogP contribution in [0.3, 0.4) is 0 Å². The second-order valence-corrected chi connectivity index (χ2v) is 13.9. The molecule has 3 aromatic heterocycles. The molecule has 4 aromatic rings. The Bertz CT molecular complexity index is 1620. The Morgan fingerprint density at radius 2 is 1.78 bits per heavy atom. The number of aromatic nitrogens is 5. The van der Waals surface area contributed by atoms with Crippen molar-refractivity contribution in [2.45, 2.75) is 61.4 Å². The normalized spacial score (nSPS) is 19.9. The minimum absolute atomic E-state index is 0.106. The zero-order valence-corrected chi connectivity index (χ0v) is 27.7. The van der Waals surface area contributed by atoms with Crippen LogP contribution in [0.5, 0.6) is 0 Å². The van der Waals surface area contributed by atoms with Gasteiger partial charge in [-0.15, -0.1) is 11.8 Å². The summed E-state index contributed by atoms with van der Waals surface area (Å²) >= 11 is 1.75. The first-order valence-corrected chi connectivity index (χ1v) is 18.0. The molecule has 0 unspecified atom stereocenters. The van der Waals surface area contributed by atoms with Crippen LogP contribution in [-0.2, 0) is 23.1 Å². The number of ether oxygens (including phenoxy) is 1. The third-order valence-corrected chi connectivity index (χ3v) is 11.1. The van der Waals surface area contributed by atoms with Gasteiger partial charge in [-0.05, 0) is 80.4 Å². The quantitative estimate of drug-likeness (QED) is 0.233. The molecule has 46 heavy (non-hydrogen) atoms. The third kappa shape index (κ3) is 6.81. The molecule has 10 nitrogen and oxygen atoms in total. The number of rotatable bonds is 10. The van der Waals surface area contributed by atoms with Crippen LogP contribution in [0.15, 0.2) is 59.9 Å². The van der Waals surface area contributed by atoms with E-state index in [1.807, 2.05) is 16.9 Å². The Morgan fingerprint density at radius 3 is 2.52 bits per heavy atom. The summed E-state index contributed by atoms with van der Waals surface area (Å²) in [6.07, 6.45) is 13.8. The molecule has 0 bridgehead atoms. The summed E-state index contributed by atoms with van der Waals surface area (Å²) in [7, 11) is 0. The lowest BCUT2D eigenvalue weighted by Gasteiger charge is -2.42. The number of pyridine rings is 1. The van der Waals surface area contributed by atoms with Crippen molar-refractivity contribution >= 4 is 23.1 Å². The predicted octanol–water partition coefficient (Wildman–Crippen LogP) is 4.49. The van der Waals surface area contributed by atoms with Crippen LogP contribution < -0.4 is 4.90 Å². The fraction of sp³-hybridized carbons (Fsp3) is 0.543. The number of nitriles is 1. The number of likely N-dealkylation sites (tertiary alicyclic amines) is 1. The molecule has 0 atom stereocenters. The van der Waals surface area contributed by atoms with Gasteiger partial charge in [-0.25, -0.2) is 9.50 Å². The van der Waals surface area contributed by atoms with E-state index in [4.69, 9.17) is 14.8 Å². The molecule has 3 fully saturated rings. The molecule has 0 amide bonds. The van der Waals surface area contributed by atoms with Crippen LogP contribution in [0.4, 0.5) is 5.69 Å². The first kappa shape index (κ1) is 31.2. The highest BCUT2D eigenvalue weighted by atomic mass is 32.2. The second kappa shape index (κ2) is 14.1. The SMILES string of the molecule is CSc1ccc(C2(CC#N)CCN(c3cccn4nc(Cc5cnn(CCN6CCC(N7CCOCC7)CC6)c5)nc34)CC2)cc1. The van der Waals surface area contributed by atoms with Gasteiger partial charge in [0.25, 0.3) is 0 Å². The van der Waals surface area contributed by atoms with Crippen molar-refractivity contribution in [3.8, 4) is 6.07 Å². The molecule has 3 aliphatic heterocycles. The van der Waals surface area contributed by atoms with Crippen molar-refractivity contribution in [3.05, 3.63) is 71.9 Å². The second-order valence-electron chi connectivity index (χ2n) is 13.0. The lowest BCUT2D eigenvalue weighted by Crippen LogP contribution is -2.49. The van der Waals surface area contributed by atoms with Crippen LogP contribution in [0.25, 0.3) is 5.65 Å². The highest BCUT2D eigenvalue weighted by Crippen LogP contribution is 2.40. The first-order valence-electron chi connectivity index (χ1n) is 16.8. The third-order valence-electron chi connectivity index (χ3n) is 10.4. The van der Waals surface area contributed by atoms with E-state index in [0.29, 0.717) is 18.9 Å². The van der Waals surface area contributed by atoms with Crippen molar-refractivity contribution in [3.63, 3.8) is 0 Å². The molecular formula is C35H45N9OS. The number of morpholine rings is 1. The van der Waals surface area contributed by atoms with Crippen molar-refractivity contribution < 1.29 is 4.74 Å². The number of fused-ring (bicyclic) bond motifs is 1. The smallest absolute Gasteiger partial charge is 0.178 e. The Balaban J connectivity index is 0.952. The zero-order valence-electron chi connectivity index (χ0n) is 26.9. The maximum atomic E-state index is 9.73. The molecule has 7 rings (SSSR count). The van der Waals surface area contributed by atoms with Gasteiger partial charge in [0.1, 0.15) is 0 Å². The Hall–Kier alpha value is -3.43. The van der Waals surface area contributed by atoms with Gasteiger partial charge in [-0.2, -0.15) is 15.5 Å². The fourth-order valence-corrected chi connectivity index (χ4v) is 8.00. The van der Waals surface area contributed by atoms with E-state index in [1.54, 1.807) is 11.8 Å². The minimum Gasteiger partial charge on any atom is -0.379 e. The molecule has 242 valence electrons. The summed E-state index contributed by atoms with van der Waals surface area (Å²) in [5, 5.41) is 19.2. The number of nitrogens with zero attached hydrogens (tertiary/aromatic N) is 9. The highest BCUT2D eigenvalue weighted by molar-refractivity contribution is 7.98. The number of benzene rings is 1. The van der Waals surface area contributed by atoms with Gasteiger partial charge in [0.15, 0.2) is 11.5 Å². The largest absolute Gasteiger partial charge is 0.379 e. The molecule has 3 aliphatic rings. The van der Waals surface area contributed by atoms with Crippen LogP contribution in [0, 0.1) is 11.3 Å². The summed E-state index contributed by atoms with van der Waals surface area (Å²) in [5.74, 6) is 0.807. The van der Waals surface area contributed by atoms with Crippen molar-refractivity contribution in [1.29, 1.82) is 5.26 Å². The standard InChI is InChI=1S/C35H45N9OS/c1-46-31-6-4-29(5-7-31)35(10-13-36)11-17-42(18-12-35)32-3-2-14-44-34(32)38-33(39-44)25-28-26-37-43(27-28)20-19-40-15-8-30(9-16-40)41-21-23-45-24-22-41/h2-7,14,26-27,30H,8-12,15-25H2,1H3. The molecule has 3 saturated heterocycles. The average molecular weight is 640 g/mol. The van der Waals surface area contributed by atoms with E-state index in [9.17, 15) is 5.26 Å². The van der Waals surface area contributed by atoms with E-state index < -0.39 is 0 Å². The van der Waals surface area contributed by atoms with Crippen molar-refractivity contribution in [2.75, 3.05) is 70.2 Å². The maximum absolute atomic E-state index is 9.73. The van der Waals surface area contributed by atoms with Crippen molar-refractivity contribution in [1.82, 2.24) is 34.2 Å². The van der Waals surface area contributed by atoms with E-state index in [2.05, 4.69) is 79.4 Å². The van der Waals surface area contributed by atoms with E-state index in [-0.39, 0.29) is 5.41 Å². The van der Waals surface area contributed by atoms with Gasteiger partial charge in [-0.3, -0.25) is 9.58 Å². The number of thioether (sulfide) groups is 1. The van der Waals surface area contributed by atoms with Crippen LogP contribution in [-0.4, -0.2) is 106 Å². The van der Waals surface area contributed by atoms with Crippen LogP contribution in [0.2, 0.25) is 0 Å². The Morgan fingerprint density at radius 1 is 1.00 bits per heavy atom. The molecular weight excluding hydrogens is 595 g/mol. The molecule has 0 spiro atoms. The van der Waals surface area contributed by atoms with Crippen LogP contribution in [0.1, 0.15) is 49.1 Å². The van der Waals surface area contributed by atoms with Crippen LogP contribution >= 0.6 is 11.8 Å². The minimum atomic E-state index is -0.106. The summed E-state index contributed by atoms with van der Waals surface area (Å²) in [6, 6.07) is 16.2. The summed E-state index contributed by atoms with van der Waals surface area (Å²) in [6.45, 7) is 9.93. The topological polar surface area (TPSA) is 90.8 Å². The Kier molecular flexibility index (Phi) is 9.58. The summed E-state index contributed by atoms with van der Waals surface area (Å²) in [4.78, 5) is 13.9. The lowest BCUT2D eigenvalue weighted by atomic mass is 9.71. The monoisotopic (exact) mass is 639 g/mol. The lowest BCUT2D eigenvalue weighted by molar-refractivity contribution is 0.000617. The number of hydrogen-bond acceptors (Lipinski definition) is 9. The molecule has 0 saturated carbocycles. The number of anilines is 1. The predicted molar refractivity (Wildman–Crippen MR) is 181 cm³/mol. The van der Waals surface area contributed by atoms with Crippen molar-refractivity contribution in [2.24, 2.45) is 0 Å². The van der Waals surface area contributed by atoms with Gasteiger partial charge in [0, 0.05) is 74.3 Å². The number of hydrogen-bond donors (Lipinski definition) is 0. The molecule has 0 N–H and O–H groups in total. The maximum Gasteiger partial charge on any atom is 0.178 e. The molecule has 0 radical (unpaired) electrons. The van der Waals surface area contributed by atoms with E-state index in [1.165, 1.54) is 23.3 Å². The first-order chi connectivity index (χ1) is 22.6. The van der Waals surface area contributed by atoms with Gasteiger partial charge in [0.2, 0.25) is 0 Å².